The zero-order valence-electron chi connectivity index (χ0n) is 14.5. The number of ether oxygens (including phenoxy) is 1. The van der Waals surface area contributed by atoms with Crippen LogP contribution in [-0.4, -0.2) is 23.8 Å². The number of rotatable bonds is 3. The summed E-state index contributed by atoms with van der Waals surface area (Å²) >= 11 is 0. The molecule has 130 valence electrons. The Morgan fingerprint density at radius 2 is 2.25 bits per heavy atom. The molecule has 1 aliphatic heterocycles. The second-order valence-corrected chi connectivity index (χ2v) is 8.25. The average Bonchev–Trinajstić information content (AvgIpc) is 3.18. The first-order chi connectivity index (χ1) is 11.5. The lowest BCUT2D eigenvalue weighted by Gasteiger charge is -2.57. The third kappa shape index (κ3) is 2.19. The van der Waals surface area contributed by atoms with Crippen molar-refractivity contribution in [3.05, 3.63) is 35.8 Å². The minimum atomic E-state index is -0.540. The van der Waals surface area contributed by atoms with Gasteiger partial charge in [0.25, 0.3) is 0 Å². The molecule has 4 nitrogen and oxygen atoms in total. The molecule has 4 heteroatoms. The molecule has 1 saturated heterocycles. The van der Waals surface area contributed by atoms with Crippen molar-refractivity contribution >= 4 is 5.97 Å². The summed E-state index contributed by atoms with van der Waals surface area (Å²) in [5, 5.41) is 10.4. The summed E-state index contributed by atoms with van der Waals surface area (Å²) in [7, 11) is 0. The van der Waals surface area contributed by atoms with Crippen LogP contribution in [0.2, 0.25) is 0 Å². The molecule has 1 saturated carbocycles. The Balaban J connectivity index is 1.69. The number of aliphatic hydroxyl groups is 1. The Bertz CT molecular complexity index is 661. The van der Waals surface area contributed by atoms with Gasteiger partial charge in [-0.2, -0.15) is 0 Å². The summed E-state index contributed by atoms with van der Waals surface area (Å²) < 4.78 is 10.7. The summed E-state index contributed by atoms with van der Waals surface area (Å²) in [5.74, 6) is 0.620. The number of aliphatic hydroxyl groups excluding tert-OH is 1. The highest BCUT2D eigenvalue weighted by atomic mass is 16.5. The van der Waals surface area contributed by atoms with Gasteiger partial charge >= 0.3 is 5.97 Å². The van der Waals surface area contributed by atoms with Gasteiger partial charge in [0, 0.05) is 11.0 Å². The number of hydrogen-bond acceptors (Lipinski definition) is 4. The van der Waals surface area contributed by atoms with Gasteiger partial charge < -0.3 is 14.3 Å². The number of carbonyl (C=O) groups excluding carboxylic acids is 1. The van der Waals surface area contributed by atoms with Crippen LogP contribution in [0, 0.1) is 22.7 Å². The van der Waals surface area contributed by atoms with Gasteiger partial charge in [0.05, 0.1) is 18.6 Å². The molecule has 0 radical (unpaired) electrons. The maximum atomic E-state index is 12.2. The van der Waals surface area contributed by atoms with E-state index in [1.807, 2.05) is 12.3 Å². The number of esters is 1. The first-order valence-corrected chi connectivity index (χ1v) is 9.04. The monoisotopic (exact) mass is 330 g/mol. The molecule has 1 N–H and O–H groups in total. The second-order valence-electron chi connectivity index (χ2n) is 8.25. The minimum absolute atomic E-state index is 0.0734. The van der Waals surface area contributed by atoms with Gasteiger partial charge in [-0.3, -0.25) is 0 Å². The van der Waals surface area contributed by atoms with E-state index in [1.54, 1.807) is 12.3 Å². The van der Waals surface area contributed by atoms with Crippen LogP contribution in [0.1, 0.15) is 45.1 Å². The molecule has 1 spiro atoms. The van der Waals surface area contributed by atoms with E-state index in [2.05, 4.69) is 13.8 Å². The Morgan fingerprint density at radius 1 is 1.42 bits per heavy atom. The van der Waals surface area contributed by atoms with E-state index in [9.17, 15) is 9.90 Å². The van der Waals surface area contributed by atoms with Gasteiger partial charge in [-0.25, -0.2) is 4.79 Å². The third-order valence-electron chi connectivity index (χ3n) is 7.20. The topological polar surface area (TPSA) is 59.7 Å². The van der Waals surface area contributed by atoms with E-state index < -0.39 is 6.10 Å². The van der Waals surface area contributed by atoms with Crippen molar-refractivity contribution in [1.29, 1.82) is 0 Å². The van der Waals surface area contributed by atoms with E-state index in [0.29, 0.717) is 12.5 Å². The standard InChI is InChI=1S/C20H26O4/c1-13-3-7-20-12-24-18(22)16(20)9-15(21)10-17(20)19(13,2)6-4-14-5-8-23-11-14/h5,8-9,11,13,15,17,21H,3-4,6-7,10,12H2,1-2H3/t13-,15+,17+,19+,20+/m1/s1. The van der Waals surface area contributed by atoms with Crippen molar-refractivity contribution < 1.29 is 19.1 Å². The molecule has 2 aliphatic carbocycles. The number of hydrogen-bond donors (Lipinski definition) is 1. The summed E-state index contributed by atoms with van der Waals surface area (Å²) in [4.78, 5) is 12.2. The predicted octanol–water partition coefficient (Wildman–Crippen LogP) is 3.50. The summed E-state index contributed by atoms with van der Waals surface area (Å²) in [6, 6.07) is 2.02. The van der Waals surface area contributed by atoms with Gasteiger partial charge in [-0.1, -0.05) is 13.8 Å². The van der Waals surface area contributed by atoms with Crippen LogP contribution in [0.4, 0.5) is 0 Å². The molecule has 1 aromatic rings. The normalized spacial score (nSPS) is 41.4. The quantitative estimate of drug-likeness (QED) is 0.862. The predicted molar refractivity (Wildman–Crippen MR) is 89.1 cm³/mol. The van der Waals surface area contributed by atoms with Crippen LogP contribution in [-0.2, 0) is 16.0 Å². The molecule has 0 bridgehead atoms. The lowest BCUT2D eigenvalue weighted by Crippen LogP contribution is -2.53. The lowest BCUT2D eigenvalue weighted by molar-refractivity contribution is -0.135. The number of aryl methyl sites for hydroxylation is 1. The maximum absolute atomic E-state index is 12.2. The molecular weight excluding hydrogens is 304 g/mol. The summed E-state index contributed by atoms with van der Waals surface area (Å²) in [5.41, 5.74) is 1.85. The molecule has 5 atom stereocenters. The minimum Gasteiger partial charge on any atom is -0.472 e. The summed E-state index contributed by atoms with van der Waals surface area (Å²) in [6.45, 7) is 5.16. The Morgan fingerprint density at radius 3 is 3.00 bits per heavy atom. The van der Waals surface area contributed by atoms with Crippen molar-refractivity contribution in [3.63, 3.8) is 0 Å². The van der Waals surface area contributed by atoms with Crippen LogP contribution >= 0.6 is 0 Å². The van der Waals surface area contributed by atoms with E-state index in [4.69, 9.17) is 9.15 Å². The maximum Gasteiger partial charge on any atom is 0.334 e. The first kappa shape index (κ1) is 15.9. The Labute approximate surface area is 142 Å². The molecule has 2 fully saturated rings. The molecular formula is C20H26O4. The van der Waals surface area contributed by atoms with E-state index in [1.165, 1.54) is 5.56 Å². The van der Waals surface area contributed by atoms with Crippen LogP contribution in [0.15, 0.2) is 34.7 Å². The molecule has 3 aliphatic rings. The van der Waals surface area contributed by atoms with Crippen molar-refractivity contribution in [1.82, 2.24) is 0 Å². The number of furan rings is 1. The molecule has 4 rings (SSSR count). The molecule has 0 amide bonds. The van der Waals surface area contributed by atoms with Gasteiger partial charge in [0.2, 0.25) is 0 Å². The van der Waals surface area contributed by atoms with E-state index in [-0.39, 0.29) is 22.7 Å². The fourth-order valence-electron chi connectivity index (χ4n) is 5.50. The van der Waals surface area contributed by atoms with Gasteiger partial charge in [0.15, 0.2) is 0 Å². The molecule has 24 heavy (non-hydrogen) atoms. The van der Waals surface area contributed by atoms with Gasteiger partial charge in [0.1, 0.15) is 6.61 Å². The van der Waals surface area contributed by atoms with Crippen molar-refractivity contribution in [3.8, 4) is 0 Å². The molecule has 0 unspecified atom stereocenters. The van der Waals surface area contributed by atoms with Crippen molar-refractivity contribution in [2.45, 2.75) is 52.1 Å². The van der Waals surface area contributed by atoms with Crippen LogP contribution in [0.3, 0.4) is 0 Å². The fourth-order valence-corrected chi connectivity index (χ4v) is 5.50. The second kappa shape index (κ2) is 5.48. The van der Waals surface area contributed by atoms with E-state index >= 15 is 0 Å². The van der Waals surface area contributed by atoms with Crippen molar-refractivity contribution in [2.75, 3.05) is 6.61 Å². The number of cyclic esters (lactones) is 1. The molecule has 1 aromatic heterocycles. The van der Waals surface area contributed by atoms with Gasteiger partial charge in [-0.15, -0.1) is 0 Å². The fraction of sp³-hybridized carbons (Fsp3) is 0.650. The first-order valence-electron chi connectivity index (χ1n) is 9.04. The van der Waals surface area contributed by atoms with Crippen LogP contribution < -0.4 is 0 Å². The number of carbonyl (C=O) groups is 1. The van der Waals surface area contributed by atoms with Crippen molar-refractivity contribution in [2.24, 2.45) is 22.7 Å². The zero-order chi connectivity index (χ0) is 16.9. The largest absolute Gasteiger partial charge is 0.472 e. The highest BCUT2D eigenvalue weighted by Crippen LogP contribution is 2.63. The highest BCUT2D eigenvalue weighted by molar-refractivity contribution is 5.92. The van der Waals surface area contributed by atoms with E-state index in [0.717, 1.165) is 37.7 Å². The lowest BCUT2D eigenvalue weighted by atomic mass is 9.46. The van der Waals surface area contributed by atoms with Crippen LogP contribution in [0.5, 0.6) is 0 Å². The molecule has 0 aromatic carbocycles. The highest BCUT2D eigenvalue weighted by Gasteiger charge is 2.61. The Hall–Kier alpha value is -1.55. The SMILES string of the molecule is C[C@@H]1CC[C@]23COC(=O)C2=C[C@H](O)C[C@H]3[C@@]1(C)CCc1ccoc1. The van der Waals surface area contributed by atoms with Crippen LogP contribution in [0.25, 0.3) is 0 Å². The molecule has 2 heterocycles. The third-order valence-corrected chi connectivity index (χ3v) is 7.20. The smallest absolute Gasteiger partial charge is 0.334 e. The summed E-state index contributed by atoms with van der Waals surface area (Å²) in [6.07, 6.45) is 9.58. The average molecular weight is 330 g/mol. The van der Waals surface area contributed by atoms with Gasteiger partial charge in [-0.05, 0) is 67.1 Å². The zero-order valence-corrected chi connectivity index (χ0v) is 14.5. The Kier molecular flexibility index (Phi) is 3.64.